The van der Waals surface area contributed by atoms with Crippen LogP contribution >= 0.6 is 0 Å². The second-order valence-corrected chi connectivity index (χ2v) is 8.28. The van der Waals surface area contributed by atoms with Crippen LogP contribution in [0.2, 0.25) is 0 Å². The number of fused-ring (bicyclic) bond motifs is 1. The number of hydrogen-bond donors (Lipinski definition) is 2. The number of morpholine rings is 1. The van der Waals surface area contributed by atoms with E-state index in [4.69, 9.17) is 4.74 Å². The summed E-state index contributed by atoms with van der Waals surface area (Å²) in [6.07, 6.45) is 1.34. The van der Waals surface area contributed by atoms with E-state index in [-0.39, 0.29) is 11.8 Å². The normalized spacial score (nSPS) is 16.3. The molecule has 32 heavy (non-hydrogen) atoms. The summed E-state index contributed by atoms with van der Waals surface area (Å²) in [5.74, 6) is -0.178. The number of nitrogens with one attached hydrogen (secondary N) is 2. The fourth-order valence-electron chi connectivity index (χ4n) is 4.27. The summed E-state index contributed by atoms with van der Waals surface area (Å²) in [6, 6.07) is 14.1. The largest absolute Gasteiger partial charge is 0.379 e. The average molecular weight is 437 g/mol. The van der Waals surface area contributed by atoms with Crippen LogP contribution < -0.4 is 15.5 Å². The zero-order valence-corrected chi connectivity index (χ0v) is 18.7. The molecular formula is C25H32N4O3. The molecule has 0 bridgehead atoms. The lowest BCUT2D eigenvalue weighted by molar-refractivity contribution is -0.115. The van der Waals surface area contributed by atoms with Gasteiger partial charge in [0.15, 0.2) is 0 Å². The molecule has 0 saturated carbocycles. The van der Waals surface area contributed by atoms with E-state index in [0.29, 0.717) is 24.2 Å². The van der Waals surface area contributed by atoms with Crippen molar-refractivity contribution in [1.29, 1.82) is 0 Å². The van der Waals surface area contributed by atoms with Gasteiger partial charge in [0.1, 0.15) is 0 Å². The van der Waals surface area contributed by atoms with Gasteiger partial charge in [0.25, 0.3) is 5.91 Å². The molecule has 1 saturated heterocycles. The molecule has 2 amide bonds. The SMILES string of the molecule is CCC(=O)Nc1ccc(N2CCc3ccccc3C2)c(C(=O)NCCN2CCOCC2)c1. The Morgan fingerprint density at radius 2 is 1.81 bits per heavy atom. The first-order valence-electron chi connectivity index (χ1n) is 11.5. The quantitative estimate of drug-likeness (QED) is 0.698. The molecule has 0 aliphatic carbocycles. The van der Waals surface area contributed by atoms with Gasteiger partial charge >= 0.3 is 0 Å². The van der Waals surface area contributed by atoms with E-state index in [1.807, 2.05) is 19.1 Å². The predicted molar refractivity (Wildman–Crippen MR) is 126 cm³/mol. The molecule has 2 aliphatic heterocycles. The van der Waals surface area contributed by atoms with Crippen LogP contribution in [0.4, 0.5) is 11.4 Å². The Hall–Kier alpha value is -2.90. The van der Waals surface area contributed by atoms with Gasteiger partial charge in [-0.1, -0.05) is 31.2 Å². The van der Waals surface area contributed by atoms with Crippen molar-refractivity contribution in [2.24, 2.45) is 0 Å². The van der Waals surface area contributed by atoms with Crippen LogP contribution in [0.25, 0.3) is 0 Å². The molecule has 2 aromatic rings. The highest BCUT2D eigenvalue weighted by Gasteiger charge is 2.22. The highest BCUT2D eigenvalue weighted by Crippen LogP contribution is 2.29. The van der Waals surface area contributed by atoms with Gasteiger partial charge in [-0.25, -0.2) is 0 Å². The van der Waals surface area contributed by atoms with Gasteiger partial charge in [-0.3, -0.25) is 14.5 Å². The number of anilines is 2. The number of carbonyl (C=O) groups is 2. The summed E-state index contributed by atoms with van der Waals surface area (Å²) in [6.45, 7) is 8.09. The van der Waals surface area contributed by atoms with Crippen LogP contribution in [0.1, 0.15) is 34.8 Å². The summed E-state index contributed by atoms with van der Waals surface area (Å²) in [5, 5.41) is 5.96. The van der Waals surface area contributed by atoms with Crippen molar-refractivity contribution in [2.45, 2.75) is 26.3 Å². The van der Waals surface area contributed by atoms with Gasteiger partial charge in [0.2, 0.25) is 5.91 Å². The molecule has 0 unspecified atom stereocenters. The summed E-state index contributed by atoms with van der Waals surface area (Å²) in [5.41, 5.74) is 4.81. The van der Waals surface area contributed by atoms with Crippen LogP contribution in [0.15, 0.2) is 42.5 Å². The molecule has 0 radical (unpaired) electrons. The molecule has 7 nitrogen and oxygen atoms in total. The molecule has 2 N–H and O–H groups in total. The van der Waals surface area contributed by atoms with Crippen molar-refractivity contribution >= 4 is 23.2 Å². The number of hydrogen-bond acceptors (Lipinski definition) is 5. The summed E-state index contributed by atoms with van der Waals surface area (Å²) in [4.78, 5) is 29.7. The molecule has 2 aromatic carbocycles. The minimum atomic E-state index is -0.111. The first-order chi connectivity index (χ1) is 15.6. The van der Waals surface area contributed by atoms with Crippen molar-refractivity contribution in [1.82, 2.24) is 10.2 Å². The monoisotopic (exact) mass is 436 g/mol. The van der Waals surface area contributed by atoms with Gasteiger partial charge in [-0.05, 0) is 35.7 Å². The van der Waals surface area contributed by atoms with Gasteiger partial charge < -0.3 is 20.3 Å². The van der Waals surface area contributed by atoms with Crippen molar-refractivity contribution < 1.29 is 14.3 Å². The van der Waals surface area contributed by atoms with Crippen LogP contribution in [0.3, 0.4) is 0 Å². The van der Waals surface area contributed by atoms with E-state index in [1.165, 1.54) is 11.1 Å². The molecule has 2 heterocycles. The van der Waals surface area contributed by atoms with Crippen LogP contribution in [-0.2, 0) is 22.5 Å². The van der Waals surface area contributed by atoms with E-state index < -0.39 is 0 Å². The Labute approximate surface area is 189 Å². The van der Waals surface area contributed by atoms with Gasteiger partial charge in [-0.2, -0.15) is 0 Å². The lowest BCUT2D eigenvalue weighted by atomic mass is 9.98. The molecule has 2 aliphatic rings. The molecule has 0 aromatic heterocycles. The lowest BCUT2D eigenvalue weighted by Gasteiger charge is -2.32. The topological polar surface area (TPSA) is 73.9 Å². The minimum Gasteiger partial charge on any atom is -0.379 e. The van der Waals surface area contributed by atoms with E-state index in [9.17, 15) is 9.59 Å². The molecule has 0 spiro atoms. The maximum absolute atomic E-state index is 13.2. The van der Waals surface area contributed by atoms with Crippen molar-refractivity contribution in [3.8, 4) is 0 Å². The van der Waals surface area contributed by atoms with E-state index in [2.05, 4.69) is 44.7 Å². The van der Waals surface area contributed by atoms with Gasteiger partial charge in [0.05, 0.1) is 18.8 Å². The number of rotatable bonds is 7. The highest BCUT2D eigenvalue weighted by molar-refractivity contribution is 6.02. The van der Waals surface area contributed by atoms with E-state index in [1.54, 1.807) is 6.07 Å². The summed E-state index contributed by atoms with van der Waals surface area (Å²) < 4.78 is 5.39. The lowest BCUT2D eigenvalue weighted by Crippen LogP contribution is -2.41. The Morgan fingerprint density at radius 3 is 2.59 bits per heavy atom. The molecule has 0 atom stereocenters. The summed E-state index contributed by atoms with van der Waals surface area (Å²) in [7, 11) is 0. The smallest absolute Gasteiger partial charge is 0.253 e. The van der Waals surface area contributed by atoms with Crippen molar-refractivity contribution in [3.05, 3.63) is 59.2 Å². The third kappa shape index (κ3) is 5.47. The number of amides is 2. The van der Waals surface area contributed by atoms with Crippen molar-refractivity contribution in [3.63, 3.8) is 0 Å². The second kappa shape index (κ2) is 10.6. The third-order valence-corrected chi connectivity index (χ3v) is 6.13. The Balaban J connectivity index is 1.51. The van der Waals surface area contributed by atoms with Gasteiger partial charge in [-0.15, -0.1) is 0 Å². The highest BCUT2D eigenvalue weighted by atomic mass is 16.5. The molecule has 4 rings (SSSR count). The zero-order valence-electron chi connectivity index (χ0n) is 18.7. The molecular weight excluding hydrogens is 404 g/mol. The fraction of sp³-hybridized carbons (Fsp3) is 0.440. The van der Waals surface area contributed by atoms with Crippen molar-refractivity contribution in [2.75, 3.05) is 56.2 Å². The zero-order chi connectivity index (χ0) is 22.3. The third-order valence-electron chi connectivity index (χ3n) is 6.13. The standard InChI is InChI=1S/C25H32N4O3/c1-2-24(30)27-21-7-8-23(29-11-9-19-5-3-4-6-20(19)18-29)22(17-21)25(31)26-10-12-28-13-15-32-16-14-28/h3-8,17H,2,9-16,18H2,1H3,(H,26,31)(H,27,30). The van der Waals surface area contributed by atoms with Crippen LogP contribution in [-0.4, -0.2) is 62.7 Å². The summed E-state index contributed by atoms with van der Waals surface area (Å²) >= 11 is 0. The maximum Gasteiger partial charge on any atom is 0.253 e. The van der Waals surface area contributed by atoms with E-state index in [0.717, 1.165) is 58.0 Å². The van der Waals surface area contributed by atoms with Crippen LogP contribution in [0, 0.1) is 0 Å². The van der Waals surface area contributed by atoms with Crippen LogP contribution in [0.5, 0.6) is 0 Å². The number of nitrogens with zero attached hydrogens (tertiary/aromatic N) is 2. The first-order valence-corrected chi connectivity index (χ1v) is 11.5. The number of benzene rings is 2. The fourth-order valence-corrected chi connectivity index (χ4v) is 4.27. The number of ether oxygens (including phenoxy) is 1. The molecule has 1 fully saturated rings. The Bertz CT molecular complexity index is 956. The Kier molecular flexibility index (Phi) is 7.39. The average Bonchev–Trinajstić information content (AvgIpc) is 2.84. The first kappa shape index (κ1) is 22.3. The Morgan fingerprint density at radius 1 is 1.03 bits per heavy atom. The minimum absolute atomic E-state index is 0.0664. The van der Waals surface area contributed by atoms with E-state index >= 15 is 0 Å². The molecule has 7 heteroatoms. The molecule has 170 valence electrons. The predicted octanol–water partition coefficient (Wildman–Crippen LogP) is 2.66. The second-order valence-electron chi connectivity index (χ2n) is 8.28. The van der Waals surface area contributed by atoms with Gasteiger partial charge in [0, 0.05) is 57.1 Å². The maximum atomic E-state index is 13.2. The number of carbonyl (C=O) groups excluding carboxylic acids is 2.